The van der Waals surface area contributed by atoms with E-state index in [0.29, 0.717) is 42.1 Å². The zero-order valence-electron chi connectivity index (χ0n) is 23.7. The van der Waals surface area contributed by atoms with Gasteiger partial charge in [0.2, 0.25) is 5.95 Å². The summed E-state index contributed by atoms with van der Waals surface area (Å²) < 4.78 is 58.6. The van der Waals surface area contributed by atoms with Crippen LogP contribution in [0.4, 0.5) is 24.8 Å². The number of rotatable bonds is 11. The summed E-state index contributed by atoms with van der Waals surface area (Å²) in [5.74, 6) is 0.475. The lowest BCUT2D eigenvalue weighted by molar-refractivity contribution is -0.154. The zero-order chi connectivity index (χ0) is 30.7. The average Bonchev–Trinajstić information content (AvgIpc) is 3.63. The summed E-state index contributed by atoms with van der Waals surface area (Å²) in [4.78, 5) is 11.1. The summed E-state index contributed by atoms with van der Waals surface area (Å²) in [6.07, 6.45) is 3.22. The predicted molar refractivity (Wildman–Crippen MR) is 152 cm³/mol. The minimum absolute atomic E-state index is 0.0480. The van der Waals surface area contributed by atoms with Crippen molar-refractivity contribution in [1.82, 2.24) is 44.9 Å². The Balaban J connectivity index is 1.13. The fourth-order valence-electron chi connectivity index (χ4n) is 5.14. The molecule has 17 heteroatoms. The Morgan fingerprint density at radius 1 is 1.11 bits per heavy atom. The highest BCUT2D eigenvalue weighted by Crippen LogP contribution is 2.39. The monoisotopic (exact) mass is 634 g/mol. The van der Waals surface area contributed by atoms with Gasteiger partial charge in [-0.3, -0.25) is 9.58 Å². The quantitative estimate of drug-likeness (QED) is 0.255. The molecular weight excluding hydrogens is 605 g/mol. The number of nitrogens with zero attached hydrogens (tertiary/aromatic N) is 9. The Labute approximate surface area is 255 Å². The summed E-state index contributed by atoms with van der Waals surface area (Å²) in [5, 5.41) is 18.8. The van der Waals surface area contributed by atoms with Crippen LogP contribution in [0.1, 0.15) is 25.8 Å². The van der Waals surface area contributed by atoms with Crippen LogP contribution < -0.4 is 14.8 Å². The smallest absolute Gasteiger partial charge is 0.422 e. The summed E-state index contributed by atoms with van der Waals surface area (Å²) >= 11 is 6.37. The van der Waals surface area contributed by atoms with E-state index in [4.69, 9.17) is 25.8 Å². The van der Waals surface area contributed by atoms with Crippen molar-refractivity contribution in [3.05, 3.63) is 48.1 Å². The zero-order valence-corrected chi connectivity index (χ0v) is 24.4. The molecular formula is C27H30ClF3N10O3. The molecule has 4 aromatic rings. The molecule has 2 aliphatic rings. The number of aromatic nitrogens is 8. The van der Waals surface area contributed by atoms with Crippen molar-refractivity contribution < 1.29 is 27.4 Å². The van der Waals surface area contributed by atoms with E-state index >= 15 is 0 Å². The molecule has 1 unspecified atom stereocenters. The number of halogens is 4. The minimum Gasteiger partial charge on any atom is -0.487 e. The van der Waals surface area contributed by atoms with Crippen LogP contribution in [-0.4, -0.2) is 96.1 Å². The van der Waals surface area contributed by atoms with Crippen LogP contribution >= 0.6 is 11.6 Å². The van der Waals surface area contributed by atoms with Crippen molar-refractivity contribution in [1.29, 1.82) is 0 Å². The molecule has 2 fully saturated rings. The maximum Gasteiger partial charge on any atom is 0.422 e. The molecule has 0 radical (unpaired) electrons. The van der Waals surface area contributed by atoms with Gasteiger partial charge in [-0.25, -0.2) is 14.6 Å². The van der Waals surface area contributed by atoms with E-state index in [0.717, 1.165) is 31.5 Å². The number of hydrogen-bond acceptors (Lipinski definition) is 11. The van der Waals surface area contributed by atoms with E-state index < -0.39 is 12.8 Å². The number of ether oxygens (including phenoxy) is 3. The van der Waals surface area contributed by atoms with Gasteiger partial charge in [-0.2, -0.15) is 13.2 Å². The standard InChI is InChI=1S/C27H30ClF3N10O3/c1-17(13-40-16-34-37-38-40)44-24-8-18(2-3-22(24)28)19-11-32-26(33-12-19)35-23-14-41(36-25(23)43-15-27(29,30)31)21-9-20(10-21)39-4-6-42-7-5-39/h2-3,8,11-12,14,16-17,20-21H,4-7,9-10,13,15H2,1H3,(H,32,33,35)/t17?,20-,21-. The van der Waals surface area contributed by atoms with Crippen molar-refractivity contribution in [2.45, 2.75) is 50.7 Å². The van der Waals surface area contributed by atoms with Crippen LogP contribution in [0.2, 0.25) is 5.02 Å². The topological polar surface area (TPSA) is 130 Å². The van der Waals surface area contributed by atoms with Gasteiger partial charge in [0.15, 0.2) is 6.61 Å². The van der Waals surface area contributed by atoms with Gasteiger partial charge in [0, 0.05) is 37.1 Å². The van der Waals surface area contributed by atoms with Gasteiger partial charge < -0.3 is 19.5 Å². The normalized spacial score (nSPS) is 19.8. The highest BCUT2D eigenvalue weighted by atomic mass is 35.5. The van der Waals surface area contributed by atoms with Gasteiger partial charge in [0.25, 0.3) is 5.88 Å². The van der Waals surface area contributed by atoms with E-state index in [1.807, 2.05) is 13.0 Å². The van der Waals surface area contributed by atoms with Gasteiger partial charge in [-0.1, -0.05) is 17.7 Å². The first-order valence-corrected chi connectivity index (χ1v) is 14.4. The second-order valence-corrected chi connectivity index (χ2v) is 11.1. The van der Waals surface area contributed by atoms with Crippen LogP contribution in [0.25, 0.3) is 11.1 Å². The van der Waals surface area contributed by atoms with Crippen molar-refractivity contribution >= 4 is 23.2 Å². The first-order chi connectivity index (χ1) is 21.2. The Hall–Kier alpha value is -4.02. The lowest BCUT2D eigenvalue weighted by atomic mass is 9.85. The first kappa shape index (κ1) is 30.0. The number of hydrogen-bond donors (Lipinski definition) is 1. The average molecular weight is 635 g/mol. The molecule has 1 saturated carbocycles. The number of anilines is 2. The lowest BCUT2D eigenvalue weighted by Crippen LogP contribution is -2.50. The number of benzene rings is 1. The fourth-order valence-corrected chi connectivity index (χ4v) is 5.30. The van der Waals surface area contributed by atoms with E-state index in [1.165, 1.54) is 6.33 Å². The molecule has 0 spiro atoms. The second-order valence-electron chi connectivity index (χ2n) is 10.7. The number of tetrazole rings is 1. The van der Waals surface area contributed by atoms with Gasteiger partial charge in [-0.05, 0) is 47.9 Å². The molecule has 4 heterocycles. The minimum atomic E-state index is -4.51. The molecule has 234 valence electrons. The third kappa shape index (κ3) is 7.36. The third-order valence-corrected chi connectivity index (χ3v) is 7.73. The molecule has 1 saturated heterocycles. The van der Waals surface area contributed by atoms with Crippen molar-refractivity contribution in [3.8, 4) is 22.8 Å². The Kier molecular flexibility index (Phi) is 8.81. The van der Waals surface area contributed by atoms with Crippen LogP contribution in [0.5, 0.6) is 11.6 Å². The fraction of sp³-hybridized carbons (Fsp3) is 0.481. The third-order valence-electron chi connectivity index (χ3n) is 7.42. The first-order valence-electron chi connectivity index (χ1n) is 14.1. The summed E-state index contributed by atoms with van der Waals surface area (Å²) in [5.41, 5.74) is 1.68. The molecule has 6 rings (SSSR count). The largest absolute Gasteiger partial charge is 0.487 e. The highest BCUT2D eigenvalue weighted by molar-refractivity contribution is 6.32. The molecule has 1 aliphatic carbocycles. The van der Waals surface area contributed by atoms with Crippen LogP contribution in [0.3, 0.4) is 0 Å². The molecule has 44 heavy (non-hydrogen) atoms. The predicted octanol–water partition coefficient (Wildman–Crippen LogP) is 4.17. The molecule has 3 aromatic heterocycles. The molecule has 1 aliphatic heterocycles. The number of nitrogens with one attached hydrogen (secondary N) is 1. The molecule has 1 atom stereocenters. The number of alkyl halides is 3. The Morgan fingerprint density at radius 3 is 2.59 bits per heavy atom. The second kappa shape index (κ2) is 12.9. The van der Waals surface area contributed by atoms with Gasteiger partial charge in [0.05, 0.1) is 37.0 Å². The molecule has 0 amide bonds. The van der Waals surface area contributed by atoms with E-state index in [2.05, 4.69) is 40.8 Å². The van der Waals surface area contributed by atoms with E-state index in [-0.39, 0.29) is 29.7 Å². The highest BCUT2D eigenvalue weighted by Gasteiger charge is 2.37. The van der Waals surface area contributed by atoms with E-state index in [9.17, 15) is 13.2 Å². The van der Waals surface area contributed by atoms with Crippen molar-refractivity contribution in [2.75, 3.05) is 38.2 Å². The Bertz CT molecular complexity index is 1530. The lowest BCUT2D eigenvalue weighted by Gasteiger charge is -2.44. The molecule has 13 nitrogen and oxygen atoms in total. The van der Waals surface area contributed by atoms with Crippen LogP contribution in [0, 0.1) is 0 Å². The van der Waals surface area contributed by atoms with E-state index in [1.54, 1.807) is 40.1 Å². The van der Waals surface area contributed by atoms with Gasteiger partial charge >= 0.3 is 6.18 Å². The van der Waals surface area contributed by atoms with Crippen LogP contribution in [0.15, 0.2) is 43.1 Å². The maximum absolute atomic E-state index is 13.0. The summed E-state index contributed by atoms with van der Waals surface area (Å²) in [7, 11) is 0. The molecule has 0 bridgehead atoms. The summed E-state index contributed by atoms with van der Waals surface area (Å²) in [6, 6.07) is 5.74. The van der Waals surface area contributed by atoms with Gasteiger partial charge in [-0.15, -0.1) is 10.2 Å². The maximum atomic E-state index is 13.0. The Morgan fingerprint density at radius 2 is 1.89 bits per heavy atom. The molecule has 1 N–H and O–H groups in total. The van der Waals surface area contributed by atoms with Crippen LogP contribution in [-0.2, 0) is 11.3 Å². The van der Waals surface area contributed by atoms with Crippen molar-refractivity contribution in [3.63, 3.8) is 0 Å². The number of morpholine rings is 1. The van der Waals surface area contributed by atoms with Crippen molar-refractivity contribution in [2.24, 2.45) is 0 Å². The SMILES string of the molecule is CC(Cn1cnnn1)Oc1cc(-c2cnc(Nc3cn([C@H]4C[C@H](N5CCOCC5)C4)nc3OCC(F)(F)F)nc2)ccc1Cl. The van der Waals surface area contributed by atoms with Gasteiger partial charge in [0.1, 0.15) is 23.9 Å². The summed E-state index contributed by atoms with van der Waals surface area (Å²) in [6.45, 7) is 4.01. The molecule has 1 aromatic carbocycles.